The van der Waals surface area contributed by atoms with Crippen molar-refractivity contribution in [2.45, 2.75) is 12.8 Å². The molecule has 1 aliphatic carbocycles. The summed E-state index contributed by atoms with van der Waals surface area (Å²) in [5.41, 5.74) is 1.75. The van der Waals surface area contributed by atoms with E-state index in [0.29, 0.717) is 12.0 Å². The van der Waals surface area contributed by atoms with Gasteiger partial charge in [-0.1, -0.05) is 36.4 Å². The van der Waals surface area contributed by atoms with Crippen molar-refractivity contribution in [2.24, 2.45) is 0 Å². The van der Waals surface area contributed by atoms with Crippen LogP contribution in [0.15, 0.2) is 54.1 Å². The zero-order valence-electron chi connectivity index (χ0n) is 8.85. The third kappa shape index (κ3) is 2.54. The van der Waals surface area contributed by atoms with Crippen LogP contribution in [0.2, 0.25) is 0 Å². The molecule has 0 N–H and O–H groups in total. The molecule has 0 radical (unpaired) electrons. The van der Waals surface area contributed by atoms with E-state index in [2.05, 4.69) is 0 Å². The predicted octanol–water partition coefficient (Wildman–Crippen LogP) is 2.25. The third-order valence-electron chi connectivity index (χ3n) is 2.53. The second-order valence-electron chi connectivity index (χ2n) is 3.76. The molecular weight excluding hydrogens is 200 g/mol. The van der Waals surface area contributed by atoms with E-state index in [9.17, 15) is 9.59 Å². The van der Waals surface area contributed by atoms with E-state index < -0.39 is 0 Å². The molecule has 0 unspecified atom stereocenters. The molecule has 0 amide bonds. The number of allylic oxidation sites excluding steroid dienone is 4. The van der Waals surface area contributed by atoms with Gasteiger partial charge in [0.1, 0.15) is 0 Å². The van der Waals surface area contributed by atoms with E-state index >= 15 is 0 Å². The number of hydrogen-bond acceptors (Lipinski definition) is 2. The van der Waals surface area contributed by atoms with E-state index in [0.717, 1.165) is 5.56 Å². The number of benzene rings is 1. The van der Waals surface area contributed by atoms with E-state index in [-0.39, 0.29) is 18.0 Å². The largest absolute Gasteiger partial charge is 0.294 e. The topological polar surface area (TPSA) is 34.1 Å². The summed E-state index contributed by atoms with van der Waals surface area (Å²) in [5, 5.41) is 0. The fourth-order valence-corrected chi connectivity index (χ4v) is 1.64. The summed E-state index contributed by atoms with van der Waals surface area (Å²) in [6.45, 7) is 0. The second-order valence-corrected chi connectivity index (χ2v) is 3.76. The van der Waals surface area contributed by atoms with Crippen LogP contribution in [-0.4, -0.2) is 11.6 Å². The van der Waals surface area contributed by atoms with Crippen LogP contribution in [0.3, 0.4) is 0 Å². The quantitative estimate of drug-likeness (QED) is 0.704. The van der Waals surface area contributed by atoms with Crippen molar-refractivity contribution in [3.8, 4) is 0 Å². The molecule has 0 atom stereocenters. The van der Waals surface area contributed by atoms with Crippen LogP contribution < -0.4 is 0 Å². The van der Waals surface area contributed by atoms with Gasteiger partial charge in [0, 0.05) is 12.0 Å². The maximum absolute atomic E-state index is 11.5. The minimum Gasteiger partial charge on any atom is -0.294 e. The lowest BCUT2D eigenvalue weighted by Crippen LogP contribution is -2.10. The number of rotatable bonds is 2. The van der Waals surface area contributed by atoms with Crippen LogP contribution in [-0.2, 0) is 16.0 Å². The summed E-state index contributed by atoms with van der Waals surface area (Å²) in [6, 6.07) is 9.88. The average molecular weight is 212 g/mol. The average Bonchev–Trinajstić information content (AvgIpc) is 2.32. The minimum atomic E-state index is -0.0458. The number of carbonyl (C=O) groups is 2. The molecular formula is C14H12O2. The number of carbonyl (C=O) groups excluding carboxylic acids is 2. The first kappa shape index (κ1) is 10.6. The normalized spacial score (nSPS) is 18.1. The first-order chi connectivity index (χ1) is 7.75. The standard InChI is InChI=1S/C14H12O2/c15-13-8-9-14(16)12(10-13)7-6-11-4-2-1-3-5-11/h1-5,7-9H,6,10H2. The van der Waals surface area contributed by atoms with Gasteiger partial charge < -0.3 is 0 Å². The van der Waals surface area contributed by atoms with Crippen LogP contribution in [0.4, 0.5) is 0 Å². The molecule has 0 fully saturated rings. The van der Waals surface area contributed by atoms with Gasteiger partial charge >= 0.3 is 0 Å². The summed E-state index contributed by atoms with van der Waals surface area (Å²) in [5.74, 6) is -0.0468. The highest BCUT2D eigenvalue weighted by molar-refractivity contribution is 6.14. The van der Waals surface area contributed by atoms with Gasteiger partial charge in [0.15, 0.2) is 11.6 Å². The van der Waals surface area contributed by atoms with Crippen molar-refractivity contribution in [2.75, 3.05) is 0 Å². The molecule has 1 aliphatic rings. The Hall–Kier alpha value is -1.96. The van der Waals surface area contributed by atoms with Gasteiger partial charge in [0.05, 0.1) is 0 Å². The van der Waals surface area contributed by atoms with Gasteiger partial charge in [0.25, 0.3) is 0 Å². The molecule has 2 heteroatoms. The molecule has 0 aromatic heterocycles. The Morgan fingerprint density at radius 2 is 1.81 bits per heavy atom. The van der Waals surface area contributed by atoms with Gasteiger partial charge in [-0.05, 0) is 24.1 Å². The van der Waals surface area contributed by atoms with E-state index in [1.165, 1.54) is 12.2 Å². The Morgan fingerprint density at radius 1 is 1.06 bits per heavy atom. The molecule has 0 aliphatic heterocycles. The first-order valence-corrected chi connectivity index (χ1v) is 5.24. The Kier molecular flexibility index (Phi) is 3.10. The Balaban J connectivity index is 2.11. The maximum Gasteiger partial charge on any atom is 0.182 e. The molecule has 1 aromatic rings. The number of hydrogen-bond donors (Lipinski definition) is 0. The first-order valence-electron chi connectivity index (χ1n) is 5.24. The molecule has 2 rings (SSSR count). The smallest absolute Gasteiger partial charge is 0.182 e. The fourth-order valence-electron chi connectivity index (χ4n) is 1.64. The molecule has 0 saturated carbocycles. The molecule has 0 spiro atoms. The zero-order valence-corrected chi connectivity index (χ0v) is 8.85. The van der Waals surface area contributed by atoms with Crippen LogP contribution in [0.1, 0.15) is 12.0 Å². The predicted molar refractivity (Wildman–Crippen MR) is 62.0 cm³/mol. The maximum atomic E-state index is 11.5. The molecule has 0 heterocycles. The summed E-state index contributed by atoms with van der Waals surface area (Å²) in [4.78, 5) is 22.6. The third-order valence-corrected chi connectivity index (χ3v) is 2.53. The van der Waals surface area contributed by atoms with Crippen LogP contribution in [0, 0.1) is 0 Å². The lowest BCUT2D eigenvalue weighted by Gasteiger charge is -2.06. The minimum absolute atomic E-state index is 0.00101. The van der Waals surface area contributed by atoms with Crippen molar-refractivity contribution in [1.29, 1.82) is 0 Å². The van der Waals surface area contributed by atoms with E-state index in [4.69, 9.17) is 0 Å². The van der Waals surface area contributed by atoms with Crippen LogP contribution in [0.25, 0.3) is 0 Å². The van der Waals surface area contributed by atoms with Crippen molar-refractivity contribution < 1.29 is 9.59 Å². The fraction of sp³-hybridized carbons (Fsp3) is 0.143. The summed E-state index contributed by atoms with van der Waals surface area (Å²) >= 11 is 0. The summed E-state index contributed by atoms with van der Waals surface area (Å²) < 4.78 is 0. The zero-order chi connectivity index (χ0) is 11.4. The summed E-state index contributed by atoms with van der Waals surface area (Å²) in [7, 11) is 0. The highest BCUT2D eigenvalue weighted by Gasteiger charge is 2.14. The second kappa shape index (κ2) is 4.71. The van der Waals surface area contributed by atoms with Crippen molar-refractivity contribution in [3.63, 3.8) is 0 Å². The lowest BCUT2D eigenvalue weighted by molar-refractivity contribution is -0.118. The molecule has 1 aromatic carbocycles. The molecule has 0 saturated heterocycles. The van der Waals surface area contributed by atoms with Crippen LogP contribution in [0.5, 0.6) is 0 Å². The number of ketones is 2. The monoisotopic (exact) mass is 212 g/mol. The summed E-state index contributed by atoms with van der Waals surface area (Å²) in [6.07, 6.45) is 5.48. The molecule has 80 valence electrons. The van der Waals surface area contributed by atoms with Gasteiger partial charge in [-0.3, -0.25) is 9.59 Å². The Bertz CT molecular complexity index is 467. The van der Waals surface area contributed by atoms with Crippen molar-refractivity contribution >= 4 is 11.6 Å². The van der Waals surface area contributed by atoms with Crippen LogP contribution >= 0.6 is 0 Å². The Morgan fingerprint density at radius 3 is 2.56 bits per heavy atom. The van der Waals surface area contributed by atoms with Gasteiger partial charge in [0.2, 0.25) is 0 Å². The Labute approximate surface area is 94.3 Å². The van der Waals surface area contributed by atoms with Crippen molar-refractivity contribution in [1.82, 2.24) is 0 Å². The molecule has 2 nitrogen and oxygen atoms in total. The molecule has 16 heavy (non-hydrogen) atoms. The van der Waals surface area contributed by atoms with Crippen molar-refractivity contribution in [3.05, 3.63) is 59.7 Å². The highest BCUT2D eigenvalue weighted by Crippen LogP contribution is 2.13. The highest BCUT2D eigenvalue weighted by atomic mass is 16.1. The van der Waals surface area contributed by atoms with E-state index in [1.54, 1.807) is 0 Å². The SMILES string of the molecule is O=C1C=CC(=O)C(=CCc2ccccc2)C1. The van der Waals surface area contributed by atoms with Gasteiger partial charge in [-0.15, -0.1) is 0 Å². The van der Waals surface area contributed by atoms with Gasteiger partial charge in [-0.2, -0.15) is 0 Å². The lowest BCUT2D eigenvalue weighted by atomic mass is 9.97. The van der Waals surface area contributed by atoms with E-state index in [1.807, 2.05) is 36.4 Å². The molecule has 0 bridgehead atoms. The van der Waals surface area contributed by atoms with Gasteiger partial charge in [-0.25, -0.2) is 0 Å².